The number of anilines is 1. The Morgan fingerprint density at radius 3 is 2.63 bits per heavy atom. The van der Waals surface area contributed by atoms with Crippen LogP contribution in [0.4, 0.5) is 14.5 Å². The van der Waals surface area contributed by atoms with Crippen LogP contribution in [0, 0.1) is 11.6 Å². The third-order valence-electron chi connectivity index (χ3n) is 2.24. The number of primary amides is 1. The van der Waals surface area contributed by atoms with Crippen molar-refractivity contribution >= 4 is 23.4 Å². The number of hydrogen-bond acceptors (Lipinski definition) is 4. The molecule has 1 heterocycles. The molecule has 0 fully saturated rings. The molecule has 4 nitrogen and oxygen atoms in total. The van der Waals surface area contributed by atoms with Gasteiger partial charge in [-0.3, -0.25) is 4.79 Å². The standard InChI is InChI=1S/C12H9F2N3OS/c13-6-1-2-7(14)10(5-6)19-12-8(15)3-4-9(17-12)11(16)18/h1-5H,15H2,(H2,16,18). The van der Waals surface area contributed by atoms with Crippen molar-refractivity contribution in [2.45, 2.75) is 9.92 Å². The van der Waals surface area contributed by atoms with Crippen LogP contribution in [-0.4, -0.2) is 10.9 Å². The van der Waals surface area contributed by atoms with Crippen LogP contribution in [0.15, 0.2) is 40.3 Å². The van der Waals surface area contributed by atoms with Crippen molar-refractivity contribution in [2.24, 2.45) is 5.73 Å². The van der Waals surface area contributed by atoms with E-state index in [1.807, 2.05) is 0 Å². The fraction of sp³-hybridized carbons (Fsp3) is 0. The van der Waals surface area contributed by atoms with Crippen molar-refractivity contribution in [3.63, 3.8) is 0 Å². The van der Waals surface area contributed by atoms with Crippen molar-refractivity contribution in [3.05, 3.63) is 47.7 Å². The fourth-order valence-electron chi connectivity index (χ4n) is 1.33. The van der Waals surface area contributed by atoms with Crippen molar-refractivity contribution < 1.29 is 13.6 Å². The number of rotatable bonds is 3. The molecule has 0 aliphatic rings. The summed E-state index contributed by atoms with van der Waals surface area (Å²) in [5.41, 5.74) is 11.0. The van der Waals surface area contributed by atoms with Crippen LogP contribution in [-0.2, 0) is 0 Å². The van der Waals surface area contributed by atoms with Crippen molar-refractivity contribution in [2.75, 3.05) is 5.73 Å². The lowest BCUT2D eigenvalue weighted by atomic mass is 10.3. The molecule has 0 saturated heterocycles. The monoisotopic (exact) mass is 281 g/mol. The van der Waals surface area contributed by atoms with Gasteiger partial charge in [-0.2, -0.15) is 0 Å². The Balaban J connectivity index is 2.40. The van der Waals surface area contributed by atoms with Crippen molar-refractivity contribution in [1.29, 1.82) is 0 Å². The van der Waals surface area contributed by atoms with E-state index in [1.165, 1.54) is 12.1 Å². The molecule has 4 N–H and O–H groups in total. The van der Waals surface area contributed by atoms with E-state index in [-0.39, 0.29) is 21.3 Å². The van der Waals surface area contributed by atoms with E-state index in [2.05, 4.69) is 4.98 Å². The van der Waals surface area contributed by atoms with Crippen LogP contribution >= 0.6 is 11.8 Å². The molecule has 2 rings (SSSR count). The van der Waals surface area contributed by atoms with Crippen LogP contribution in [0.1, 0.15) is 10.5 Å². The second-order valence-electron chi connectivity index (χ2n) is 3.63. The number of nitrogen functional groups attached to an aromatic ring is 1. The first-order valence-electron chi connectivity index (χ1n) is 5.16. The highest BCUT2D eigenvalue weighted by Gasteiger charge is 2.12. The number of aromatic nitrogens is 1. The first-order chi connectivity index (χ1) is 8.97. The average molecular weight is 281 g/mol. The lowest BCUT2D eigenvalue weighted by Crippen LogP contribution is -2.13. The number of carbonyl (C=O) groups is 1. The minimum Gasteiger partial charge on any atom is -0.397 e. The Morgan fingerprint density at radius 1 is 1.21 bits per heavy atom. The van der Waals surface area contributed by atoms with Crippen LogP contribution in [0.2, 0.25) is 0 Å². The summed E-state index contributed by atoms with van der Waals surface area (Å²) >= 11 is 0.828. The molecule has 1 aromatic heterocycles. The number of halogens is 2. The SMILES string of the molecule is NC(=O)c1ccc(N)c(Sc2cc(F)ccc2F)n1. The van der Waals surface area contributed by atoms with E-state index in [1.54, 1.807) is 0 Å². The summed E-state index contributed by atoms with van der Waals surface area (Å²) in [5.74, 6) is -1.90. The summed E-state index contributed by atoms with van der Waals surface area (Å²) in [4.78, 5) is 15.0. The zero-order chi connectivity index (χ0) is 14.0. The topological polar surface area (TPSA) is 82.0 Å². The maximum Gasteiger partial charge on any atom is 0.267 e. The Hall–Kier alpha value is -2.15. The van der Waals surface area contributed by atoms with E-state index in [0.717, 1.165) is 30.0 Å². The molecule has 0 spiro atoms. The highest BCUT2D eigenvalue weighted by molar-refractivity contribution is 7.99. The first-order valence-corrected chi connectivity index (χ1v) is 5.98. The van der Waals surface area contributed by atoms with Gasteiger partial charge in [0.2, 0.25) is 0 Å². The minimum atomic E-state index is -0.721. The molecule has 0 saturated carbocycles. The molecular formula is C12H9F2N3OS. The lowest BCUT2D eigenvalue weighted by Gasteiger charge is -2.06. The molecule has 7 heteroatoms. The number of pyridine rings is 1. The number of amides is 1. The van der Waals surface area contributed by atoms with E-state index >= 15 is 0 Å². The summed E-state index contributed by atoms with van der Waals surface area (Å²) in [5, 5.41) is 0.195. The van der Waals surface area contributed by atoms with Crippen molar-refractivity contribution in [1.82, 2.24) is 4.98 Å². The van der Waals surface area contributed by atoms with Gasteiger partial charge in [0.15, 0.2) is 0 Å². The average Bonchev–Trinajstić information content (AvgIpc) is 2.36. The maximum atomic E-state index is 13.5. The maximum absolute atomic E-state index is 13.5. The van der Waals surface area contributed by atoms with Gasteiger partial charge in [-0.1, -0.05) is 11.8 Å². The van der Waals surface area contributed by atoms with Gasteiger partial charge < -0.3 is 11.5 Å². The van der Waals surface area contributed by atoms with E-state index in [4.69, 9.17) is 11.5 Å². The molecule has 0 bridgehead atoms. The van der Waals surface area contributed by atoms with Gasteiger partial charge in [0, 0.05) is 0 Å². The van der Waals surface area contributed by atoms with Gasteiger partial charge in [0.1, 0.15) is 22.4 Å². The molecule has 0 aliphatic heterocycles. The summed E-state index contributed by atoms with van der Waals surface area (Å²) in [6, 6.07) is 5.84. The van der Waals surface area contributed by atoms with Gasteiger partial charge in [-0.25, -0.2) is 13.8 Å². The number of carbonyl (C=O) groups excluding carboxylic acids is 1. The Bertz CT molecular complexity index is 649. The highest BCUT2D eigenvalue weighted by atomic mass is 32.2. The van der Waals surface area contributed by atoms with Crippen LogP contribution in [0.25, 0.3) is 0 Å². The van der Waals surface area contributed by atoms with Crippen LogP contribution in [0.3, 0.4) is 0 Å². The highest BCUT2D eigenvalue weighted by Crippen LogP contribution is 2.32. The van der Waals surface area contributed by atoms with Gasteiger partial charge in [-0.15, -0.1) is 0 Å². The molecule has 98 valence electrons. The van der Waals surface area contributed by atoms with Crippen LogP contribution in [0.5, 0.6) is 0 Å². The van der Waals surface area contributed by atoms with Crippen molar-refractivity contribution in [3.8, 4) is 0 Å². The summed E-state index contributed by atoms with van der Waals surface area (Å²) in [6.07, 6.45) is 0. The van der Waals surface area contributed by atoms with Gasteiger partial charge in [-0.05, 0) is 30.3 Å². The minimum absolute atomic E-state index is 0.00788. The Kier molecular flexibility index (Phi) is 3.66. The zero-order valence-corrected chi connectivity index (χ0v) is 10.4. The number of hydrogen-bond donors (Lipinski definition) is 2. The summed E-state index contributed by atoms with van der Waals surface area (Å²) < 4.78 is 26.6. The zero-order valence-electron chi connectivity index (χ0n) is 9.56. The molecule has 1 amide bonds. The van der Waals surface area contributed by atoms with E-state index < -0.39 is 17.5 Å². The quantitative estimate of drug-likeness (QED) is 0.903. The molecule has 2 aromatic rings. The third-order valence-corrected chi connectivity index (χ3v) is 3.30. The third kappa shape index (κ3) is 3.00. The first kappa shape index (κ1) is 13.3. The largest absolute Gasteiger partial charge is 0.397 e. The molecule has 19 heavy (non-hydrogen) atoms. The predicted molar refractivity (Wildman–Crippen MR) is 67.6 cm³/mol. The molecule has 0 radical (unpaired) electrons. The Labute approximate surface area is 111 Å². The van der Waals surface area contributed by atoms with Gasteiger partial charge in [0.05, 0.1) is 10.6 Å². The van der Waals surface area contributed by atoms with Gasteiger partial charge >= 0.3 is 0 Å². The number of nitrogens with zero attached hydrogens (tertiary/aromatic N) is 1. The predicted octanol–water partition coefficient (Wildman–Crippen LogP) is 2.19. The molecule has 1 aromatic carbocycles. The fourth-order valence-corrected chi connectivity index (χ4v) is 2.21. The van der Waals surface area contributed by atoms with E-state index in [0.29, 0.717) is 0 Å². The van der Waals surface area contributed by atoms with E-state index in [9.17, 15) is 13.6 Å². The summed E-state index contributed by atoms with van der Waals surface area (Å²) in [7, 11) is 0. The number of nitrogens with two attached hydrogens (primary N) is 2. The second kappa shape index (κ2) is 5.23. The number of benzene rings is 1. The van der Waals surface area contributed by atoms with Crippen LogP contribution < -0.4 is 11.5 Å². The Morgan fingerprint density at radius 2 is 1.95 bits per heavy atom. The summed E-state index contributed by atoms with van der Waals surface area (Å²) in [6.45, 7) is 0. The smallest absolute Gasteiger partial charge is 0.267 e. The van der Waals surface area contributed by atoms with Gasteiger partial charge in [0.25, 0.3) is 5.91 Å². The second-order valence-corrected chi connectivity index (χ2v) is 4.66. The normalized spacial score (nSPS) is 10.4. The molecule has 0 unspecified atom stereocenters. The molecule has 0 atom stereocenters. The molecular weight excluding hydrogens is 272 g/mol. The molecule has 0 aliphatic carbocycles. The lowest BCUT2D eigenvalue weighted by molar-refractivity contribution is 0.0995.